The van der Waals surface area contributed by atoms with Gasteiger partial charge in [-0.15, -0.1) is 0 Å². The van der Waals surface area contributed by atoms with Crippen molar-refractivity contribution >= 4 is 10.0 Å². The molecule has 0 radical (unpaired) electrons. The molecule has 5 nitrogen and oxygen atoms in total. The molecular weight excluding hydrogens is 204 g/mol. The summed E-state index contributed by atoms with van der Waals surface area (Å²) in [6, 6.07) is 0. The van der Waals surface area contributed by atoms with E-state index in [0.717, 1.165) is 13.0 Å². The number of hydrogen-bond donors (Lipinski definition) is 2. The Kier molecular flexibility index (Phi) is 4.31. The van der Waals surface area contributed by atoms with Gasteiger partial charge in [-0.05, 0) is 19.4 Å². The minimum Gasteiger partial charge on any atom is -0.395 e. The second-order valence-corrected chi connectivity index (χ2v) is 5.88. The highest BCUT2D eigenvalue weighted by Gasteiger charge is 2.30. The average Bonchev–Trinajstić information content (AvgIpc) is 2.19. The molecule has 1 rings (SSSR count). The van der Waals surface area contributed by atoms with E-state index >= 15 is 0 Å². The van der Waals surface area contributed by atoms with Crippen LogP contribution in [0.15, 0.2) is 0 Å². The fraction of sp³-hybridized carbons (Fsp3) is 1.00. The largest absolute Gasteiger partial charge is 0.395 e. The summed E-state index contributed by atoms with van der Waals surface area (Å²) in [5.41, 5.74) is 0. The van der Waals surface area contributed by atoms with Crippen LogP contribution in [0.2, 0.25) is 0 Å². The van der Waals surface area contributed by atoms with Crippen molar-refractivity contribution in [2.45, 2.75) is 18.1 Å². The fourth-order valence-corrected chi connectivity index (χ4v) is 3.23. The van der Waals surface area contributed by atoms with Crippen LogP contribution in [-0.4, -0.2) is 56.4 Å². The Balaban J connectivity index is 2.62. The zero-order valence-corrected chi connectivity index (χ0v) is 9.26. The van der Waals surface area contributed by atoms with Crippen molar-refractivity contribution < 1.29 is 13.5 Å². The van der Waals surface area contributed by atoms with Crippen molar-refractivity contribution in [1.29, 1.82) is 0 Å². The lowest BCUT2D eigenvalue weighted by Crippen LogP contribution is -2.45. The third-order valence-electron chi connectivity index (χ3n) is 2.52. The van der Waals surface area contributed by atoms with Gasteiger partial charge < -0.3 is 10.4 Å². The number of sulfonamides is 1. The van der Waals surface area contributed by atoms with Crippen molar-refractivity contribution in [3.8, 4) is 0 Å². The number of nitrogens with zero attached hydrogens (tertiary/aromatic N) is 1. The maximum absolute atomic E-state index is 11.9. The predicted molar refractivity (Wildman–Crippen MR) is 54.5 cm³/mol. The maximum Gasteiger partial charge on any atom is 0.218 e. The Hall–Kier alpha value is -0.170. The molecule has 2 N–H and O–H groups in total. The van der Waals surface area contributed by atoms with Crippen LogP contribution in [0.1, 0.15) is 12.8 Å². The quantitative estimate of drug-likeness (QED) is 0.639. The lowest BCUT2D eigenvalue weighted by Gasteiger charge is -2.27. The van der Waals surface area contributed by atoms with Crippen LogP contribution >= 0.6 is 0 Å². The van der Waals surface area contributed by atoms with Gasteiger partial charge in [0.25, 0.3) is 0 Å². The molecule has 0 amide bonds. The van der Waals surface area contributed by atoms with E-state index in [1.54, 1.807) is 0 Å². The molecule has 14 heavy (non-hydrogen) atoms. The first-order valence-corrected chi connectivity index (χ1v) is 6.36. The van der Waals surface area contributed by atoms with Crippen LogP contribution in [0.3, 0.4) is 0 Å². The van der Waals surface area contributed by atoms with Gasteiger partial charge in [0.1, 0.15) is 0 Å². The van der Waals surface area contributed by atoms with E-state index in [1.165, 1.54) is 11.4 Å². The van der Waals surface area contributed by atoms with Gasteiger partial charge in [-0.1, -0.05) is 0 Å². The van der Waals surface area contributed by atoms with Crippen LogP contribution in [-0.2, 0) is 10.0 Å². The number of aliphatic hydroxyl groups excluding tert-OH is 1. The zero-order chi connectivity index (χ0) is 10.6. The molecule has 0 aromatic heterocycles. The third-order valence-corrected chi connectivity index (χ3v) is 4.82. The highest BCUT2D eigenvalue weighted by atomic mass is 32.2. The Bertz CT molecular complexity index is 260. The van der Waals surface area contributed by atoms with Crippen molar-refractivity contribution in [2.24, 2.45) is 0 Å². The van der Waals surface area contributed by atoms with Gasteiger partial charge in [0.2, 0.25) is 10.0 Å². The Labute approximate surface area is 85.2 Å². The standard InChI is InChI=1S/C8H18N2O3S/c1-10(5-6-11)14(12,13)8-3-2-4-9-7-8/h8-9,11H,2-7H2,1H3. The number of aliphatic hydroxyl groups is 1. The van der Waals surface area contributed by atoms with E-state index < -0.39 is 10.0 Å². The van der Waals surface area contributed by atoms with Gasteiger partial charge in [0, 0.05) is 20.1 Å². The Morgan fingerprint density at radius 1 is 1.57 bits per heavy atom. The molecule has 1 heterocycles. The summed E-state index contributed by atoms with van der Waals surface area (Å²) < 4.78 is 24.9. The summed E-state index contributed by atoms with van der Waals surface area (Å²) in [7, 11) is -1.70. The molecule has 0 bridgehead atoms. The number of piperidine rings is 1. The average molecular weight is 222 g/mol. The molecule has 1 atom stereocenters. The van der Waals surface area contributed by atoms with Gasteiger partial charge in [-0.25, -0.2) is 12.7 Å². The molecule has 0 aromatic rings. The molecule has 84 valence electrons. The summed E-state index contributed by atoms with van der Waals surface area (Å²) in [5, 5.41) is 11.4. The highest BCUT2D eigenvalue weighted by molar-refractivity contribution is 7.89. The van der Waals surface area contributed by atoms with Gasteiger partial charge >= 0.3 is 0 Å². The molecule has 1 saturated heterocycles. The topological polar surface area (TPSA) is 69.6 Å². The minimum absolute atomic E-state index is 0.129. The van der Waals surface area contributed by atoms with E-state index in [4.69, 9.17) is 5.11 Å². The SMILES string of the molecule is CN(CCO)S(=O)(=O)C1CCCNC1. The van der Waals surface area contributed by atoms with E-state index in [9.17, 15) is 8.42 Å². The predicted octanol–water partition coefficient (Wildman–Crippen LogP) is -1.01. The smallest absolute Gasteiger partial charge is 0.218 e. The molecule has 0 spiro atoms. The first-order chi connectivity index (χ1) is 6.59. The van der Waals surface area contributed by atoms with Crippen LogP contribution < -0.4 is 5.32 Å². The van der Waals surface area contributed by atoms with Gasteiger partial charge in [0.05, 0.1) is 11.9 Å². The van der Waals surface area contributed by atoms with Crippen LogP contribution in [0.25, 0.3) is 0 Å². The second-order valence-electron chi connectivity index (χ2n) is 3.56. The summed E-state index contributed by atoms with van der Waals surface area (Å²) in [6.07, 6.45) is 1.61. The zero-order valence-electron chi connectivity index (χ0n) is 8.44. The summed E-state index contributed by atoms with van der Waals surface area (Å²) in [4.78, 5) is 0. The second kappa shape index (κ2) is 5.06. The molecular formula is C8H18N2O3S. The van der Waals surface area contributed by atoms with Crippen LogP contribution in [0, 0.1) is 0 Å². The summed E-state index contributed by atoms with van der Waals surface area (Å²) in [6.45, 7) is 1.47. The molecule has 1 aliphatic rings. The summed E-state index contributed by atoms with van der Waals surface area (Å²) in [5.74, 6) is 0. The van der Waals surface area contributed by atoms with Crippen molar-refractivity contribution in [3.05, 3.63) is 0 Å². The summed E-state index contributed by atoms with van der Waals surface area (Å²) >= 11 is 0. The van der Waals surface area contributed by atoms with Crippen molar-refractivity contribution in [3.63, 3.8) is 0 Å². The molecule has 6 heteroatoms. The number of nitrogens with one attached hydrogen (secondary N) is 1. The fourth-order valence-electron chi connectivity index (χ4n) is 1.60. The minimum atomic E-state index is -3.21. The monoisotopic (exact) mass is 222 g/mol. The van der Waals surface area contributed by atoms with Gasteiger partial charge in [0.15, 0.2) is 0 Å². The van der Waals surface area contributed by atoms with Crippen molar-refractivity contribution in [1.82, 2.24) is 9.62 Å². The van der Waals surface area contributed by atoms with E-state index in [-0.39, 0.29) is 18.4 Å². The molecule has 1 unspecified atom stereocenters. The third kappa shape index (κ3) is 2.66. The number of likely N-dealkylation sites (N-methyl/N-ethyl adjacent to an activating group) is 1. The lowest BCUT2D eigenvalue weighted by atomic mass is 10.2. The van der Waals surface area contributed by atoms with Crippen molar-refractivity contribution in [2.75, 3.05) is 33.3 Å². The molecule has 0 aromatic carbocycles. The van der Waals surface area contributed by atoms with Crippen LogP contribution in [0.5, 0.6) is 0 Å². The number of hydrogen-bond acceptors (Lipinski definition) is 4. The van der Waals surface area contributed by atoms with E-state index in [1.807, 2.05) is 0 Å². The highest BCUT2D eigenvalue weighted by Crippen LogP contribution is 2.14. The number of rotatable bonds is 4. The maximum atomic E-state index is 11.9. The lowest BCUT2D eigenvalue weighted by molar-refractivity contribution is 0.265. The van der Waals surface area contributed by atoms with Gasteiger partial charge in [-0.3, -0.25) is 0 Å². The molecule has 1 fully saturated rings. The Morgan fingerprint density at radius 2 is 2.29 bits per heavy atom. The normalized spacial score (nSPS) is 24.1. The van der Waals surface area contributed by atoms with E-state index in [0.29, 0.717) is 13.0 Å². The van der Waals surface area contributed by atoms with Crippen LogP contribution in [0.4, 0.5) is 0 Å². The molecule has 0 saturated carbocycles. The van der Waals surface area contributed by atoms with E-state index in [2.05, 4.69) is 5.32 Å². The first kappa shape index (κ1) is 11.9. The first-order valence-electron chi connectivity index (χ1n) is 4.85. The Morgan fingerprint density at radius 3 is 2.79 bits per heavy atom. The molecule has 0 aliphatic carbocycles. The molecule has 1 aliphatic heterocycles. The van der Waals surface area contributed by atoms with Gasteiger partial charge in [-0.2, -0.15) is 0 Å².